The Labute approximate surface area is 138 Å². The van der Waals surface area contributed by atoms with E-state index in [2.05, 4.69) is 5.32 Å². The molecule has 0 atom stereocenters. The number of hydrogen-bond acceptors (Lipinski definition) is 3. The summed E-state index contributed by atoms with van der Waals surface area (Å²) < 4.78 is 33.3. The summed E-state index contributed by atoms with van der Waals surface area (Å²) in [6.07, 6.45) is 1.81. The van der Waals surface area contributed by atoms with Gasteiger partial charge in [0.2, 0.25) is 5.91 Å². The Hall–Kier alpha value is -0.750. The highest BCUT2D eigenvalue weighted by atomic mass is 19.3. The standard InChI is InChI=1S/C17H32F2N2O2/c1-13(2)16(22)20-15-6-9-21(10-7-15)12-17(18,19)8-5-11-23-14(3)4/h13-15H,5-12H2,1-4H3,(H,20,22). The van der Waals surface area contributed by atoms with Gasteiger partial charge in [-0.05, 0) is 33.1 Å². The van der Waals surface area contributed by atoms with Crippen molar-refractivity contribution in [2.45, 2.75) is 71.4 Å². The molecule has 0 aromatic heterocycles. The lowest BCUT2D eigenvalue weighted by molar-refractivity contribution is -0.125. The second kappa shape index (κ2) is 9.52. The number of halogens is 2. The molecule has 0 aromatic carbocycles. The minimum Gasteiger partial charge on any atom is -0.379 e. The molecule has 4 nitrogen and oxygen atoms in total. The van der Waals surface area contributed by atoms with Crippen molar-refractivity contribution in [3.05, 3.63) is 0 Å². The lowest BCUT2D eigenvalue weighted by atomic mass is 10.0. The van der Waals surface area contributed by atoms with Gasteiger partial charge in [-0.2, -0.15) is 0 Å². The van der Waals surface area contributed by atoms with Crippen LogP contribution in [-0.4, -0.2) is 55.1 Å². The molecule has 0 unspecified atom stereocenters. The second-order valence-electron chi connectivity index (χ2n) is 7.09. The molecule has 1 amide bonds. The Balaban J connectivity index is 2.24. The number of nitrogens with zero attached hydrogens (tertiary/aromatic N) is 1. The molecule has 1 saturated heterocycles. The van der Waals surface area contributed by atoms with Crippen LogP contribution in [0.3, 0.4) is 0 Å². The Bertz CT molecular complexity index is 355. The molecule has 0 aromatic rings. The van der Waals surface area contributed by atoms with E-state index in [9.17, 15) is 13.6 Å². The summed E-state index contributed by atoms with van der Waals surface area (Å²) in [5.41, 5.74) is 0. The first-order valence-corrected chi connectivity index (χ1v) is 8.72. The van der Waals surface area contributed by atoms with Gasteiger partial charge in [0.25, 0.3) is 5.92 Å². The van der Waals surface area contributed by atoms with E-state index in [1.165, 1.54) is 0 Å². The molecule has 0 aliphatic carbocycles. The van der Waals surface area contributed by atoms with Gasteiger partial charge < -0.3 is 10.1 Å². The van der Waals surface area contributed by atoms with Gasteiger partial charge in [-0.25, -0.2) is 8.78 Å². The van der Waals surface area contributed by atoms with E-state index in [1.54, 1.807) is 4.90 Å². The molecule has 1 N–H and O–H groups in total. The third kappa shape index (κ3) is 8.61. The van der Waals surface area contributed by atoms with Gasteiger partial charge in [-0.15, -0.1) is 0 Å². The van der Waals surface area contributed by atoms with Gasteiger partial charge >= 0.3 is 0 Å². The van der Waals surface area contributed by atoms with Crippen LogP contribution in [0, 0.1) is 5.92 Å². The molecule has 6 heteroatoms. The summed E-state index contributed by atoms with van der Waals surface area (Å²) in [5, 5.41) is 2.98. The highest BCUT2D eigenvalue weighted by molar-refractivity contribution is 5.78. The Morgan fingerprint density at radius 2 is 1.87 bits per heavy atom. The molecule has 0 saturated carbocycles. The fourth-order valence-corrected chi connectivity index (χ4v) is 2.66. The number of piperidine rings is 1. The topological polar surface area (TPSA) is 41.6 Å². The van der Waals surface area contributed by atoms with Gasteiger partial charge in [-0.3, -0.25) is 9.69 Å². The van der Waals surface area contributed by atoms with Crippen LogP contribution in [-0.2, 0) is 9.53 Å². The molecule has 0 radical (unpaired) electrons. The van der Waals surface area contributed by atoms with Gasteiger partial charge in [-0.1, -0.05) is 13.8 Å². The van der Waals surface area contributed by atoms with Crippen LogP contribution in [0.25, 0.3) is 0 Å². The quantitative estimate of drug-likeness (QED) is 0.659. The lowest BCUT2D eigenvalue weighted by Gasteiger charge is -2.34. The summed E-state index contributed by atoms with van der Waals surface area (Å²) in [4.78, 5) is 13.5. The number of alkyl halides is 2. The van der Waals surface area contributed by atoms with E-state index in [1.807, 2.05) is 27.7 Å². The zero-order valence-corrected chi connectivity index (χ0v) is 14.9. The number of likely N-dealkylation sites (tertiary alicyclic amines) is 1. The van der Waals surface area contributed by atoms with E-state index in [-0.39, 0.29) is 36.9 Å². The molecule has 23 heavy (non-hydrogen) atoms. The molecule has 1 heterocycles. The number of nitrogens with one attached hydrogen (secondary N) is 1. The van der Waals surface area contributed by atoms with E-state index in [0.717, 1.165) is 12.8 Å². The van der Waals surface area contributed by atoms with Crippen molar-refractivity contribution in [2.24, 2.45) is 5.92 Å². The maximum absolute atomic E-state index is 14.0. The maximum atomic E-state index is 14.0. The van der Waals surface area contributed by atoms with Crippen molar-refractivity contribution in [1.29, 1.82) is 0 Å². The van der Waals surface area contributed by atoms with E-state index < -0.39 is 5.92 Å². The second-order valence-corrected chi connectivity index (χ2v) is 7.09. The van der Waals surface area contributed by atoms with Crippen molar-refractivity contribution in [3.63, 3.8) is 0 Å². The van der Waals surface area contributed by atoms with Gasteiger partial charge in [0.05, 0.1) is 12.6 Å². The van der Waals surface area contributed by atoms with Crippen molar-refractivity contribution >= 4 is 5.91 Å². The Kier molecular flexibility index (Phi) is 8.40. The van der Waals surface area contributed by atoms with Crippen LogP contribution in [0.1, 0.15) is 53.4 Å². The number of rotatable bonds is 9. The van der Waals surface area contributed by atoms with Gasteiger partial charge in [0, 0.05) is 38.1 Å². The van der Waals surface area contributed by atoms with Gasteiger partial charge in [0.15, 0.2) is 0 Å². The van der Waals surface area contributed by atoms with E-state index in [4.69, 9.17) is 4.74 Å². The van der Waals surface area contributed by atoms with Crippen LogP contribution in [0.4, 0.5) is 8.78 Å². The smallest absolute Gasteiger partial charge is 0.260 e. The van der Waals surface area contributed by atoms with Crippen LogP contribution in [0.15, 0.2) is 0 Å². The molecule has 1 fully saturated rings. The molecule has 1 aliphatic rings. The third-order valence-electron chi connectivity index (χ3n) is 4.05. The van der Waals surface area contributed by atoms with Crippen LogP contribution in [0.2, 0.25) is 0 Å². The van der Waals surface area contributed by atoms with Crippen LogP contribution >= 0.6 is 0 Å². The fraction of sp³-hybridized carbons (Fsp3) is 0.941. The lowest BCUT2D eigenvalue weighted by Crippen LogP contribution is -2.48. The summed E-state index contributed by atoms with van der Waals surface area (Å²) in [7, 11) is 0. The number of amides is 1. The summed E-state index contributed by atoms with van der Waals surface area (Å²) >= 11 is 0. The molecular formula is C17H32F2N2O2. The third-order valence-corrected chi connectivity index (χ3v) is 4.05. The normalized spacial score (nSPS) is 17.9. The number of ether oxygens (including phenoxy) is 1. The summed E-state index contributed by atoms with van der Waals surface area (Å²) in [5.74, 6) is -2.67. The van der Waals surface area contributed by atoms with E-state index >= 15 is 0 Å². The number of carbonyl (C=O) groups excluding carboxylic acids is 1. The van der Waals surface area contributed by atoms with Gasteiger partial charge in [0.1, 0.15) is 0 Å². The monoisotopic (exact) mass is 334 g/mol. The summed E-state index contributed by atoms with van der Waals surface area (Å²) in [6.45, 7) is 8.93. The molecule has 136 valence electrons. The average molecular weight is 334 g/mol. The SMILES string of the molecule is CC(C)OCCCC(F)(F)CN1CCC(NC(=O)C(C)C)CC1. The maximum Gasteiger partial charge on any atom is 0.260 e. The number of hydrogen-bond donors (Lipinski definition) is 1. The predicted octanol–water partition coefficient (Wildman–Crippen LogP) is 3.06. The Morgan fingerprint density at radius 1 is 1.26 bits per heavy atom. The minimum absolute atomic E-state index is 0.0366. The minimum atomic E-state index is -2.67. The average Bonchev–Trinajstić information content (AvgIpc) is 2.45. The van der Waals surface area contributed by atoms with Crippen LogP contribution in [0.5, 0.6) is 0 Å². The molecular weight excluding hydrogens is 302 g/mol. The molecule has 1 aliphatic heterocycles. The van der Waals surface area contributed by atoms with Crippen LogP contribution < -0.4 is 5.32 Å². The van der Waals surface area contributed by atoms with Crippen molar-refractivity contribution in [1.82, 2.24) is 10.2 Å². The predicted molar refractivity (Wildman–Crippen MR) is 87.7 cm³/mol. The van der Waals surface area contributed by atoms with Crippen molar-refractivity contribution in [3.8, 4) is 0 Å². The highest BCUT2D eigenvalue weighted by Crippen LogP contribution is 2.24. The van der Waals surface area contributed by atoms with Crippen molar-refractivity contribution in [2.75, 3.05) is 26.2 Å². The zero-order valence-electron chi connectivity index (χ0n) is 14.9. The summed E-state index contributed by atoms with van der Waals surface area (Å²) in [6, 6.07) is 0.120. The highest BCUT2D eigenvalue weighted by Gasteiger charge is 2.33. The van der Waals surface area contributed by atoms with E-state index in [0.29, 0.717) is 26.1 Å². The largest absolute Gasteiger partial charge is 0.379 e. The first-order valence-electron chi connectivity index (χ1n) is 8.72. The zero-order chi connectivity index (χ0) is 17.5. The number of carbonyl (C=O) groups is 1. The molecule has 0 bridgehead atoms. The molecule has 1 rings (SSSR count). The fourth-order valence-electron chi connectivity index (χ4n) is 2.66. The molecule has 0 spiro atoms. The van der Waals surface area contributed by atoms with Crippen molar-refractivity contribution < 1.29 is 18.3 Å². The first-order chi connectivity index (χ1) is 10.7. The first kappa shape index (κ1) is 20.3. The Morgan fingerprint density at radius 3 is 2.39 bits per heavy atom.